The second kappa shape index (κ2) is 7.34. The first-order chi connectivity index (χ1) is 10.9. The molecule has 0 heterocycles. The third kappa shape index (κ3) is 5.15. The SMILES string of the molecule is Cc1ccc(S(=O)(=O)NCCC(=O)Nc2cccc(F)c2)cc1. The summed E-state index contributed by atoms with van der Waals surface area (Å²) < 4.78 is 39.4. The molecule has 2 N–H and O–H groups in total. The van der Waals surface area contributed by atoms with Crippen LogP contribution in [0.2, 0.25) is 0 Å². The van der Waals surface area contributed by atoms with Gasteiger partial charge in [0.2, 0.25) is 15.9 Å². The molecule has 2 aromatic rings. The average Bonchev–Trinajstić information content (AvgIpc) is 2.47. The van der Waals surface area contributed by atoms with Crippen LogP contribution >= 0.6 is 0 Å². The lowest BCUT2D eigenvalue weighted by atomic mass is 10.2. The molecule has 7 heteroatoms. The van der Waals surface area contributed by atoms with Crippen molar-refractivity contribution in [3.05, 3.63) is 59.9 Å². The molecule has 2 aromatic carbocycles. The van der Waals surface area contributed by atoms with Crippen LogP contribution in [0, 0.1) is 12.7 Å². The Morgan fingerprint density at radius 3 is 2.48 bits per heavy atom. The summed E-state index contributed by atoms with van der Waals surface area (Å²) in [7, 11) is -3.64. The first-order valence-corrected chi connectivity index (χ1v) is 8.47. The van der Waals surface area contributed by atoms with E-state index in [1.807, 2.05) is 6.92 Å². The molecule has 0 aliphatic carbocycles. The fourth-order valence-corrected chi connectivity index (χ4v) is 2.92. The van der Waals surface area contributed by atoms with Gasteiger partial charge in [0, 0.05) is 18.7 Å². The van der Waals surface area contributed by atoms with Crippen molar-refractivity contribution in [3.8, 4) is 0 Å². The molecule has 23 heavy (non-hydrogen) atoms. The second-order valence-corrected chi connectivity index (χ2v) is 6.79. The number of halogens is 1. The molecule has 0 unspecified atom stereocenters. The highest BCUT2D eigenvalue weighted by molar-refractivity contribution is 7.89. The van der Waals surface area contributed by atoms with Gasteiger partial charge < -0.3 is 5.32 Å². The standard InChI is InChI=1S/C16H17FN2O3S/c1-12-5-7-15(8-6-12)23(21,22)18-10-9-16(20)19-14-4-2-3-13(17)11-14/h2-8,11,18H,9-10H2,1H3,(H,19,20). The third-order valence-corrected chi connectivity index (χ3v) is 4.56. The Kier molecular flexibility index (Phi) is 5.46. The van der Waals surface area contributed by atoms with E-state index in [2.05, 4.69) is 10.0 Å². The van der Waals surface area contributed by atoms with Gasteiger partial charge in [0.25, 0.3) is 0 Å². The van der Waals surface area contributed by atoms with Gasteiger partial charge >= 0.3 is 0 Å². The van der Waals surface area contributed by atoms with Crippen molar-refractivity contribution in [1.82, 2.24) is 4.72 Å². The molecule has 1 amide bonds. The lowest BCUT2D eigenvalue weighted by Crippen LogP contribution is -2.27. The molecule has 5 nitrogen and oxygen atoms in total. The summed E-state index contributed by atoms with van der Waals surface area (Å²) in [5.74, 6) is -0.856. The Labute approximate surface area is 134 Å². The smallest absolute Gasteiger partial charge is 0.240 e. The lowest BCUT2D eigenvalue weighted by Gasteiger charge is -2.08. The molecular weight excluding hydrogens is 319 g/mol. The van der Waals surface area contributed by atoms with E-state index in [9.17, 15) is 17.6 Å². The maximum absolute atomic E-state index is 13.0. The zero-order valence-corrected chi connectivity index (χ0v) is 13.4. The fraction of sp³-hybridized carbons (Fsp3) is 0.188. The van der Waals surface area contributed by atoms with Crippen LogP contribution in [0.3, 0.4) is 0 Å². The van der Waals surface area contributed by atoms with Gasteiger partial charge in [0.15, 0.2) is 0 Å². The predicted octanol–water partition coefficient (Wildman–Crippen LogP) is 2.44. The Morgan fingerprint density at radius 1 is 1.13 bits per heavy atom. The number of rotatable bonds is 6. The van der Waals surface area contributed by atoms with Gasteiger partial charge in [0.05, 0.1) is 4.90 Å². The largest absolute Gasteiger partial charge is 0.326 e. The number of benzene rings is 2. The first kappa shape index (κ1) is 17.1. The molecule has 0 saturated carbocycles. The summed E-state index contributed by atoms with van der Waals surface area (Å²) in [6.07, 6.45) is -0.0540. The molecule has 0 radical (unpaired) electrons. The fourth-order valence-electron chi connectivity index (χ4n) is 1.89. The molecule has 0 bridgehead atoms. The minimum atomic E-state index is -3.64. The Morgan fingerprint density at radius 2 is 1.83 bits per heavy atom. The Hall–Kier alpha value is -2.25. The summed E-state index contributed by atoms with van der Waals surface area (Å²) in [5.41, 5.74) is 1.29. The Balaban J connectivity index is 1.86. The normalized spacial score (nSPS) is 11.2. The molecule has 0 aliphatic rings. The van der Waals surface area contributed by atoms with E-state index < -0.39 is 21.7 Å². The Bertz CT molecular complexity index is 789. The molecule has 0 atom stereocenters. The van der Waals surface area contributed by atoms with Crippen LogP contribution in [0.25, 0.3) is 0 Å². The zero-order valence-electron chi connectivity index (χ0n) is 12.5. The molecule has 0 spiro atoms. The van der Waals surface area contributed by atoms with Gasteiger partial charge in [-0.15, -0.1) is 0 Å². The molecule has 0 aliphatic heterocycles. The molecule has 0 aromatic heterocycles. The van der Waals surface area contributed by atoms with Crippen LogP contribution in [-0.4, -0.2) is 20.9 Å². The van der Waals surface area contributed by atoms with Crippen molar-refractivity contribution in [3.63, 3.8) is 0 Å². The van der Waals surface area contributed by atoms with Gasteiger partial charge in [-0.05, 0) is 37.3 Å². The number of aryl methyl sites for hydroxylation is 1. The summed E-state index contributed by atoms with van der Waals surface area (Å²) >= 11 is 0. The molecule has 0 fully saturated rings. The topological polar surface area (TPSA) is 75.3 Å². The van der Waals surface area contributed by atoms with Crippen LogP contribution in [0.15, 0.2) is 53.4 Å². The molecule has 122 valence electrons. The summed E-state index contributed by atoms with van der Waals surface area (Å²) in [6, 6.07) is 11.9. The van der Waals surface area contributed by atoms with E-state index in [0.717, 1.165) is 5.56 Å². The zero-order chi connectivity index (χ0) is 16.9. The highest BCUT2D eigenvalue weighted by Gasteiger charge is 2.13. The van der Waals surface area contributed by atoms with E-state index >= 15 is 0 Å². The van der Waals surface area contributed by atoms with Crippen molar-refractivity contribution in [2.24, 2.45) is 0 Å². The minimum absolute atomic E-state index is 0.0443. The average molecular weight is 336 g/mol. The van der Waals surface area contributed by atoms with Crippen LogP contribution in [0.5, 0.6) is 0 Å². The predicted molar refractivity (Wildman–Crippen MR) is 86.0 cm³/mol. The van der Waals surface area contributed by atoms with E-state index in [0.29, 0.717) is 5.69 Å². The number of amides is 1. The highest BCUT2D eigenvalue weighted by atomic mass is 32.2. The number of hydrogen-bond donors (Lipinski definition) is 2. The number of anilines is 1. The van der Waals surface area contributed by atoms with E-state index in [4.69, 9.17) is 0 Å². The van der Waals surface area contributed by atoms with Crippen molar-refractivity contribution < 1.29 is 17.6 Å². The quantitative estimate of drug-likeness (QED) is 0.851. The van der Waals surface area contributed by atoms with Gasteiger partial charge in [-0.3, -0.25) is 4.79 Å². The third-order valence-electron chi connectivity index (χ3n) is 3.08. The second-order valence-electron chi connectivity index (χ2n) is 5.02. The molecule has 0 saturated heterocycles. The van der Waals surface area contributed by atoms with E-state index in [1.54, 1.807) is 18.2 Å². The van der Waals surface area contributed by atoms with E-state index in [-0.39, 0.29) is 17.9 Å². The van der Waals surface area contributed by atoms with Gasteiger partial charge in [-0.1, -0.05) is 23.8 Å². The number of nitrogens with one attached hydrogen (secondary N) is 2. The van der Waals surface area contributed by atoms with Crippen molar-refractivity contribution >= 4 is 21.6 Å². The first-order valence-electron chi connectivity index (χ1n) is 6.98. The van der Waals surface area contributed by atoms with Crippen molar-refractivity contribution in [2.75, 3.05) is 11.9 Å². The minimum Gasteiger partial charge on any atom is -0.326 e. The van der Waals surface area contributed by atoms with Crippen LogP contribution in [-0.2, 0) is 14.8 Å². The number of hydrogen-bond acceptors (Lipinski definition) is 3. The van der Waals surface area contributed by atoms with Crippen LogP contribution in [0.4, 0.5) is 10.1 Å². The molecular formula is C16H17FN2O3S. The number of carbonyl (C=O) groups is 1. The summed E-state index contributed by atoms with van der Waals surface area (Å²) in [5, 5.41) is 2.50. The lowest BCUT2D eigenvalue weighted by molar-refractivity contribution is -0.116. The van der Waals surface area contributed by atoms with Crippen molar-refractivity contribution in [1.29, 1.82) is 0 Å². The van der Waals surface area contributed by atoms with Gasteiger partial charge in [-0.25, -0.2) is 17.5 Å². The van der Waals surface area contributed by atoms with Crippen LogP contribution in [0.1, 0.15) is 12.0 Å². The van der Waals surface area contributed by atoms with Crippen LogP contribution < -0.4 is 10.0 Å². The van der Waals surface area contributed by atoms with E-state index in [1.165, 1.54) is 30.3 Å². The maximum Gasteiger partial charge on any atom is 0.240 e. The maximum atomic E-state index is 13.0. The van der Waals surface area contributed by atoms with Gasteiger partial charge in [0.1, 0.15) is 5.82 Å². The number of carbonyl (C=O) groups excluding carboxylic acids is 1. The monoisotopic (exact) mass is 336 g/mol. The van der Waals surface area contributed by atoms with Gasteiger partial charge in [-0.2, -0.15) is 0 Å². The number of sulfonamides is 1. The summed E-state index contributed by atoms with van der Waals surface area (Å²) in [6.45, 7) is 1.82. The highest BCUT2D eigenvalue weighted by Crippen LogP contribution is 2.11. The summed E-state index contributed by atoms with van der Waals surface area (Å²) in [4.78, 5) is 11.9. The molecule has 2 rings (SSSR count). The van der Waals surface area contributed by atoms with Crippen molar-refractivity contribution in [2.45, 2.75) is 18.2 Å².